The Bertz CT molecular complexity index is 269. The van der Waals surface area contributed by atoms with E-state index in [2.05, 4.69) is 4.98 Å². The van der Waals surface area contributed by atoms with Gasteiger partial charge in [-0.3, -0.25) is 0 Å². The maximum atomic E-state index is 8.97. The number of nitrogens with zero attached hydrogens (tertiary/aromatic N) is 1. The van der Waals surface area contributed by atoms with Gasteiger partial charge in [-0.05, 0) is 12.1 Å². The first kappa shape index (κ1) is 10.2. The number of aliphatic hydroxyl groups excluding tert-OH is 2. The molecule has 0 bridgehead atoms. The van der Waals surface area contributed by atoms with Crippen molar-refractivity contribution >= 4 is 11.6 Å². The molecule has 0 aliphatic heterocycles. The van der Waals surface area contributed by atoms with Gasteiger partial charge in [0.25, 0.3) is 0 Å². The summed E-state index contributed by atoms with van der Waals surface area (Å²) in [5, 5.41) is 17.7. The quantitative estimate of drug-likeness (QED) is 0.699. The molecule has 13 heavy (non-hydrogen) atoms. The van der Waals surface area contributed by atoms with Crippen LogP contribution in [0.15, 0.2) is 18.3 Å². The summed E-state index contributed by atoms with van der Waals surface area (Å²) in [6.45, 7) is -0.334. The largest absolute Gasteiger partial charge is 0.488 e. The van der Waals surface area contributed by atoms with E-state index in [0.717, 1.165) is 0 Å². The SMILES string of the molecule is OC[C@@H](O)COc1cccnc1Cl. The van der Waals surface area contributed by atoms with E-state index in [9.17, 15) is 0 Å². The molecular formula is C8H10ClNO3. The van der Waals surface area contributed by atoms with E-state index in [4.69, 9.17) is 26.6 Å². The molecule has 1 aromatic heterocycles. The second-order valence-electron chi connectivity index (χ2n) is 2.44. The van der Waals surface area contributed by atoms with Gasteiger partial charge in [-0.15, -0.1) is 0 Å². The van der Waals surface area contributed by atoms with Gasteiger partial charge in [-0.25, -0.2) is 4.98 Å². The van der Waals surface area contributed by atoms with E-state index in [1.54, 1.807) is 12.1 Å². The molecule has 1 atom stereocenters. The standard InChI is InChI=1S/C8H10ClNO3/c9-8-7(2-1-3-10-8)13-5-6(12)4-11/h1-3,6,11-12H,4-5H2/t6-/m1/s1. The van der Waals surface area contributed by atoms with E-state index in [1.165, 1.54) is 6.20 Å². The molecule has 0 aromatic carbocycles. The predicted molar refractivity (Wildman–Crippen MR) is 47.8 cm³/mol. The minimum absolute atomic E-state index is 0.00190. The van der Waals surface area contributed by atoms with Crippen LogP contribution in [0.4, 0.5) is 0 Å². The second kappa shape index (κ2) is 5.01. The lowest BCUT2D eigenvalue weighted by Crippen LogP contribution is -2.21. The lowest BCUT2D eigenvalue weighted by molar-refractivity contribution is 0.0535. The number of aromatic nitrogens is 1. The molecule has 0 spiro atoms. The maximum absolute atomic E-state index is 8.97. The minimum Gasteiger partial charge on any atom is -0.488 e. The Hall–Kier alpha value is -0.840. The van der Waals surface area contributed by atoms with Gasteiger partial charge in [-0.2, -0.15) is 0 Å². The molecule has 0 unspecified atom stereocenters. The summed E-state index contributed by atoms with van der Waals surface area (Å²) in [6, 6.07) is 3.31. The summed E-state index contributed by atoms with van der Waals surface area (Å²) in [5.41, 5.74) is 0. The maximum Gasteiger partial charge on any atom is 0.171 e. The molecule has 4 nitrogen and oxygen atoms in total. The average Bonchev–Trinajstić information content (AvgIpc) is 2.16. The molecule has 2 N–H and O–H groups in total. The lowest BCUT2D eigenvalue weighted by Gasteiger charge is -2.09. The molecule has 1 rings (SSSR count). The van der Waals surface area contributed by atoms with Crippen molar-refractivity contribution in [1.82, 2.24) is 4.98 Å². The van der Waals surface area contributed by atoms with Crippen molar-refractivity contribution in [2.75, 3.05) is 13.2 Å². The Morgan fingerprint density at radius 3 is 3.00 bits per heavy atom. The fraction of sp³-hybridized carbons (Fsp3) is 0.375. The monoisotopic (exact) mass is 203 g/mol. The highest BCUT2D eigenvalue weighted by Gasteiger charge is 2.05. The molecule has 0 saturated heterocycles. The van der Waals surface area contributed by atoms with Gasteiger partial charge in [0.1, 0.15) is 12.7 Å². The minimum atomic E-state index is -0.892. The van der Waals surface area contributed by atoms with Crippen molar-refractivity contribution in [3.8, 4) is 5.75 Å². The lowest BCUT2D eigenvalue weighted by atomic mass is 10.4. The summed E-state index contributed by atoms with van der Waals surface area (Å²) in [7, 11) is 0. The van der Waals surface area contributed by atoms with Crippen LogP contribution in [0.1, 0.15) is 0 Å². The summed E-state index contributed by atoms with van der Waals surface area (Å²) < 4.78 is 5.08. The number of hydrogen-bond donors (Lipinski definition) is 2. The third-order valence-electron chi connectivity index (χ3n) is 1.37. The van der Waals surface area contributed by atoms with E-state index in [1.807, 2.05) is 0 Å². The van der Waals surface area contributed by atoms with Crippen LogP contribution in [0.25, 0.3) is 0 Å². The molecule has 0 aliphatic rings. The predicted octanol–water partition coefficient (Wildman–Crippen LogP) is 0.467. The highest BCUT2D eigenvalue weighted by molar-refractivity contribution is 6.30. The first-order valence-electron chi connectivity index (χ1n) is 3.76. The summed E-state index contributed by atoms with van der Waals surface area (Å²) in [4.78, 5) is 3.78. The third kappa shape index (κ3) is 3.18. The van der Waals surface area contributed by atoms with Crippen LogP contribution < -0.4 is 4.74 Å². The summed E-state index contributed by atoms with van der Waals surface area (Å²) >= 11 is 5.67. The zero-order chi connectivity index (χ0) is 9.68. The Morgan fingerprint density at radius 2 is 2.38 bits per heavy atom. The fourth-order valence-corrected chi connectivity index (χ4v) is 0.892. The van der Waals surface area contributed by atoms with Crippen LogP contribution in [0.2, 0.25) is 5.15 Å². The molecule has 5 heteroatoms. The number of halogens is 1. The van der Waals surface area contributed by atoms with Gasteiger partial charge in [0.05, 0.1) is 6.61 Å². The first-order valence-corrected chi connectivity index (χ1v) is 4.14. The molecule has 1 aromatic rings. The van der Waals surface area contributed by atoms with Crippen LogP contribution in [-0.4, -0.2) is 34.5 Å². The second-order valence-corrected chi connectivity index (χ2v) is 2.80. The van der Waals surface area contributed by atoms with Gasteiger partial charge in [0.15, 0.2) is 10.9 Å². The van der Waals surface area contributed by atoms with E-state index in [0.29, 0.717) is 5.75 Å². The average molecular weight is 204 g/mol. The number of hydrogen-bond acceptors (Lipinski definition) is 4. The smallest absolute Gasteiger partial charge is 0.171 e. The number of rotatable bonds is 4. The van der Waals surface area contributed by atoms with Crippen molar-refractivity contribution < 1.29 is 14.9 Å². The van der Waals surface area contributed by atoms with Crippen LogP contribution in [-0.2, 0) is 0 Å². The number of pyridine rings is 1. The molecule has 0 fully saturated rings. The third-order valence-corrected chi connectivity index (χ3v) is 1.65. The van der Waals surface area contributed by atoms with Crippen molar-refractivity contribution in [1.29, 1.82) is 0 Å². The molecule has 0 saturated carbocycles. The zero-order valence-electron chi connectivity index (χ0n) is 6.85. The van der Waals surface area contributed by atoms with E-state index in [-0.39, 0.29) is 18.4 Å². The molecule has 0 aliphatic carbocycles. The molecule has 0 radical (unpaired) electrons. The van der Waals surface area contributed by atoms with E-state index >= 15 is 0 Å². The van der Waals surface area contributed by atoms with Crippen molar-refractivity contribution in [3.05, 3.63) is 23.5 Å². The Labute approximate surface area is 80.8 Å². The van der Waals surface area contributed by atoms with Gasteiger partial charge < -0.3 is 14.9 Å². The van der Waals surface area contributed by atoms with Crippen LogP contribution in [0.5, 0.6) is 5.75 Å². The normalized spacial score (nSPS) is 12.5. The van der Waals surface area contributed by atoms with E-state index < -0.39 is 6.10 Å². The van der Waals surface area contributed by atoms with Gasteiger partial charge in [0, 0.05) is 6.20 Å². The first-order chi connectivity index (χ1) is 6.24. The Kier molecular flexibility index (Phi) is 3.95. The highest BCUT2D eigenvalue weighted by Crippen LogP contribution is 2.20. The van der Waals surface area contributed by atoms with Crippen molar-refractivity contribution in [2.24, 2.45) is 0 Å². The summed E-state index contributed by atoms with van der Waals surface area (Å²) in [5.74, 6) is 0.400. The van der Waals surface area contributed by atoms with Crippen LogP contribution in [0, 0.1) is 0 Å². The van der Waals surface area contributed by atoms with Gasteiger partial charge in [0.2, 0.25) is 0 Å². The van der Waals surface area contributed by atoms with Gasteiger partial charge >= 0.3 is 0 Å². The molecule has 72 valence electrons. The topological polar surface area (TPSA) is 62.6 Å². The fourth-order valence-electron chi connectivity index (χ4n) is 0.718. The Balaban J connectivity index is 2.50. The number of ether oxygens (including phenoxy) is 1. The van der Waals surface area contributed by atoms with Crippen LogP contribution in [0.3, 0.4) is 0 Å². The van der Waals surface area contributed by atoms with Crippen LogP contribution >= 0.6 is 11.6 Å². The van der Waals surface area contributed by atoms with Gasteiger partial charge in [-0.1, -0.05) is 11.6 Å². The molecular weight excluding hydrogens is 194 g/mol. The Morgan fingerprint density at radius 1 is 1.62 bits per heavy atom. The summed E-state index contributed by atoms with van der Waals surface area (Å²) in [6.07, 6.45) is 0.647. The zero-order valence-corrected chi connectivity index (χ0v) is 7.61. The van der Waals surface area contributed by atoms with Crippen molar-refractivity contribution in [2.45, 2.75) is 6.10 Å². The van der Waals surface area contributed by atoms with Crippen molar-refractivity contribution in [3.63, 3.8) is 0 Å². The molecule has 1 heterocycles. The highest BCUT2D eigenvalue weighted by atomic mass is 35.5. The molecule has 0 amide bonds. The number of aliphatic hydroxyl groups is 2.